The van der Waals surface area contributed by atoms with E-state index < -0.39 is 0 Å². The van der Waals surface area contributed by atoms with E-state index in [0.717, 1.165) is 35.8 Å². The molecule has 0 unspecified atom stereocenters. The number of urea groups is 1. The number of rotatable bonds is 1. The number of nitrogens with zero attached hydrogens (tertiary/aromatic N) is 1. The van der Waals surface area contributed by atoms with E-state index in [1.54, 1.807) is 0 Å². The molecule has 2 amide bonds. The van der Waals surface area contributed by atoms with Crippen molar-refractivity contribution in [1.82, 2.24) is 4.90 Å². The van der Waals surface area contributed by atoms with E-state index in [1.165, 1.54) is 5.56 Å². The van der Waals surface area contributed by atoms with Gasteiger partial charge in [0.1, 0.15) is 0 Å². The second-order valence-electron chi connectivity index (χ2n) is 4.38. The van der Waals surface area contributed by atoms with Crippen molar-refractivity contribution in [3.05, 3.63) is 29.3 Å². The smallest absolute Gasteiger partial charge is 0.321 e. The number of nitrogens with one attached hydrogen (secondary N) is 1. The zero-order chi connectivity index (χ0) is 13.0. The summed E-state index contributed by atoms with van der Waals surface area (Å²) in [4.78, 5) is 14.0. The van der Waals surface area contributed by atoms with Crippen molar-refractivity contribution >= 4 is 33.3 Å². The van der Waals surface area contributed by atoms with Crippen molar-refractivity contribution in [2.75, 3.05) is 29.9 Å². The van der Waals surface area contributed by atoms with Crippen LogP contribution in [0, 0.1) is 13.8 Å². The van der Waals surface area contributed by atoms with Crippen LogP contribution < -0.4 is 5.32 Å². The molecular weight excluding hydrogens is 264 g/mol. The van der Waals surface area contributed by atoms with Gasteiger partial charge in [0.15, 0.2) is 0 Å². The Morgan fingerprint density at radius 1 is 1.22 bits per heavy atom. The lowest BCUT2D eigenvalue weighted by atomic mass is 10.1. The molecule has 98 valence electrons. The van der Waals surface area contributed by atoms with Crippen molar-refractivity contribution in [2.45, 2.75) is 13.8 Å². The third-order valence-corrected chi connectivity index (χ3v) is 5.25. The van der Waals surface area contributed by atoms with Crippen LogP contribution >= 0.6 is 21.6 Å². The minimum absolute atomic E-state index is 0.0186. The third-order valence-electron chi connectivity index (χ3n) is 2.88. The first-order valence-corrected chi connectivity index (χ1v) is 8.53. The quantitative estimate of drug-likeness (QED) is 0.800. The highest BCUT2D eigenvalue weighted by molar-refractivity contribution is 8.76. The van der Waals surface area contributed by atoms with Crippen LogP contribution in [-0.2, 0) is 0 Å². The molecule has 0 bridgehead atoms. The van der Waals surface area contributed by atoms with Gasteiger partial charge in [-0.2, -0.15) is 0 Å². The molecule has 5 heteroatoms. The summed E-state index contributed by atoms with van der Waals surface area (Å²) in [6.07, 6.45) is 0. The van der Waals surface area contributed by atoms with Gasteiger partial charge in [-0.3, -0.25) is 0 Å². The Hall–Kier alpha value is -0.810. The van der Waals surface area contributed by atoms with Gasteiger partial charge >= 0.3 is 6.03 Å². The Balaban J connectivity index is 2.01. The summed E-state index contributed by atoms with van der Waals surface area (Å²) < 4.78 is 0. The first-order valence-electron chi connectivity index (χ1n) is 6.04. The van der Waals surface area contributed by atoms with Crippen LogP contribution in [0.5, 0.6) is 0 Å². The van der Waals surface area contributed by atoms with Gasteiger partial charge < -0.3 is 10.2 Å². The van der Waals surface area contributed by atoms with Gasteiger partial charge in [-0.25, -0.2) is 4.79 Å². The molecule has 1 heterocycles. The lowest BCUT2D eigenvalue weighted by Crippen LogP contribution is -2.37. The second kappa shape index (κ2) is 6.38. The Kier molecular flexibility index (Phi) is 4.83. The van der Waals surface area contributed by atoms with E-state index >= 15 is 0 Å². The van der Waals surface area contributed by atoms with E-state index in [9.17, 15) is 4.79 Å². The topological polar surface area (TPSA) is 32.3 Å². The average molecular weight is 282 g/mol. The summed E-state index contributed by atoms with van der Waals surface area (Å²) in [7, 11) is 3.69. The highest BCUT2D eigenvalue weighted by atomic mass is 33.1. The van der Waals surface area contributed by atoms with E-state index in [-0.39, 0.29) is 6.03 Å². The van der Waals surface area contributed by atoms with Crippen molar-refractivity contribution in [1.29, 1.82) is 0 Å². The molecule has 1 N–H and O–H groups in total. The number of anilines is 1. The molecule has 0 aromatic heterocycles. The molecule has 0 atom stereocenters. The van der Waals surface area contributed by atoms with Gasteiger partial charge in [-0.05, 0) is 25.5 Å². The maximum atomic E-state index is 12.2. The monoisotopic (exact) mass is 282 g/mol. The SMILES string of the molecule is Cc1ccc(NC(=O)N2CCSSCC2)c(C)c1. The summed E-state index contributed by atoms with van der Waals surface area (Å²) in [5.74, 6) is 2.01. The molecule has 0 radical (unpaired) electrons. The average Bonchev–Trinajstić information content (AvgIpc) is 2.61. The number of carbonyl (C=O) groups is 1. The number of amides is 2. The second-order valence-corrected chi connectivity index (χ2v) is 7.08. The molecule has 1 aliphatic rings. The molecule has 1 aromatic rings. The minimum Gasteiger partial charge on any atom is -0.323 e. The maximum Gasteiger partial charge on any atom is 0.321 e. The molecule has 1 aromatic carbocycles. The van der Waals surface area contributed by atoms with Crippen LogP contribution in [0.4, 0.5) is 10.5 Å². The van der Waals surface area contributed by atoms with Crippen molar-refractivity contribution in [3.8, 4) is 0 Å². The normalized spacial score (nSPS) is 16.2. The van der Waals surface area contributed by atoms with E-state index in [4.69, 9.17) is 0 Å². The minimum atomic E-state index is 0.0186. The third kappa shape index (κ3) is 3.59. The summed E-state index contributed by atoms with van der Waals surface area (Å²) in [6.45, 7) is 5.74. The zero-order valence-corrected chi connectivity index (χ0v) is 12.4. The maximum absolute atomic E-state index is 12.2. The zero-order valence-electron chi connectivity index (χ0n) is 10.7. The largest absolute Gasteiger partial charge is 0.323 e. The lowest BCUT2D eigenvalue weighted by Gasteiger charge is -2.21. The van der Waals surface area contributed by atoms with E-state index in [2.05, 4.69) is 18.3 Å². The first kappa shape index (κ1) is 13.6. The molecule has 1 fully saturated rings. The first-order chi connectivity index (χ1) is 8.66. The number of hydrogen-bond acceptors (Lipinski definition) is 3. The molecule has 0 spiro atoms. The fourth-order valence-electron chi connectivity index (χ4n) is 1.88. The van der Waals surface area contributed by atoms with Gasteiger partial charge in [0.25, 0.3) is 0 Å². The highest BCUT2D eigenvalue weighted by Gasteiger charge is 2.16. The van der Waals surface area contributed by atoms with Gasteiger partial charge in [0.2, 0.25) is 0 Å². The van der Waals surface area contributed by atoms with E-state index in [1.807, 2.05) is 45.5 Å². The molecule has 0 aliphatic carbocycles. The summed E-state index contributed by atoms with van der Waals surface area (Å²) in [5, 5.41) is 3.00. The van der Waals surface area contributed by atoms with Gasteiger partial charge in [0.05, 0.1) is 0 Å². The standard InChI is InChI=1S/C13H18N2OS2/c1-10-3-4-12(11(2)9-10)14-13(16)15-5-7-17-18-8-6-15/h3-4,9H,5-8H2,1-2H3,(H,14,16). The van der Waals surface area contributed by atoms with Crippen LogP contribution in [0.25, 0.3) is 0 Å². The highest BCUT2D eigenvalue weighted by Crippen LogP contribution is 2.24. The van der Waals surface area contributed by atoms with Crippen LogP contribution in [-0.4, -0.2) is 35.5 Å². The van der Waals surface area contributed by atoms with Crippen LogP contribution in [0.3, 0.4) is 0 Å². The number of aryl methyl sites for hydroxylation is 2. The molecule has 3 nitrogen and oxygen atoms in total. The molecule has 1 aliphatic heterocycles. The Bertz CT molecular complexity index is 429. The predicted molar refractivity (Wildman–Crippen MR) is 81.4 cm³/mol. The van der Waals surface area contributed by atoms with Crippen molar-refractivity contribution < 1.29 is 4.79 Å². The van der Waals surface area contributed by atoms with Crippen molar-refractivity contribution in [3.63, 3.8) is 0 Å². The molecule has 0 saturated carbocycles. The van der Waals surface area contributed by atoms with Crippen LogP contribution in [0.15, 0.2) is 18.2 Å². The Morgan fingerprint density at radius 2 is 1.89 bits per heavy atom. The van der Waals surface area contributed by atoms with Crippen LogP contribution in [0.1, 0.15) is 11.1 Å². The molecular formula is C13H18N2OS2. The number of benzene rings is 1. The Labute approximate surface area is 116 Å². The van der Waals surface area contributed by atoms with Crippen LogP contribution in [0.2, 0.25) is 0 Å². The molecule has 18 heavy (non-hydrogen) atoms. The van der Waals surface area contributed by atoms with E-state index in [0.29, 0.717) is 0 Å². The van der Waals surface area contributed by atoms with Gasteiger partial charge in [-0.15, -0.1) is 0 Å². The Morgan fingerprint density at radius 3 is 2.50 bits per heavy atom. The van der Waals surface area contributed by atoms with Crippen molar-refractivity contribution in [2.24, 2.45) is 0 Å². The number of carbonyl (C=O) groups excluding carboxylic acids is 1. The fraction of sp³-hybridized carbons (Fsp3) is 0.462. The summed E-state index contributed by atoms with van der Waals surface area (Å²) >= 11 is 0. The molecule has 1 saturated heterocycles. The number of hydrogen-bond donors (Lipinski definition) is 1. The fourth-order valence-corrected chi connectivity index (χ4v) is 3.86. The van der Waals surface area contributed by atoms with Gasteiger partial charge in [-0.1, -0.05) is 39.3 Å². The molecule has 2 rings (SSSR count). The van der Waals surface area contributed by atoms with Gasteiger partial charge in [0, 0.05) is 30.3 Å². The predicted octanol–water partition coefficient (Wildman–Crippen LogP) is 3.53. The lowest BCUT2D eigenvalue weighted by molar-refractivity contribution is 0.218. The summed E-state index contributed by atoms with van der Waals surface area (Å²) in [5.41, 5.74) is 3.24. The summed E-state index contributed by atoms with van der Waals surface area (Å²) in [6, 6.07) is 6.11.